The maximum atomic E-state index is 5.41. The molecule has 0 heterocycles. The van der Waals surface area contributed by atoms with Crippen LogP contribution in [-0.4, -0.2) is 6.54 Å². The van der Waals surface area contributed by atoms with Gasteiger partial charge in [-0.3, -0.25) is 0 Å². The lowest BCUT2D eigenvalue weighted by molar-refractivity contribution is 0.457. The molecular formula is C6H14N2. The van der Waals surface area contributed by atoms with Crippen molar-refractivity contribution in [1.29, 1.82) is 0 Å². The molecule has 0 aromatic rings. The minimum atomic E-state index is -0.0972. The van der Waals surface area contributed by atoms with E-state index >= 15 is 0 Å². The highest BCUT2D eigenvalue weighted by molar-refractivity contribution is 5.01. The molecule has 0 unspecified atom stereocenters. The Morgan fingerprint density at radius 2 is 2.00 bits per heavy atom. The van der Waals surface area contributed by atoms with Gasteiger partial charge in [0.1, 0.15) is 0 Å². The van der Waals surface area contributed by atoms with Crippen molar-refractivity contribution in [2.75, 3.05) is 6.54 Å². The van der Waals surface area contributed by atoms with Crippen molar-refractivity contribution >= 4 is 0 Å². The molecule has 0 amide bonds. The average Bonchev–Trinajstić information content (AvgIpc) is 1.67. The minimum Gasteiger partial charge on any atom is -0.402 e. The molecule has 0 spiro atoms. The smallest absolute Gasteiger partial charge is 0.0158 e. The van der Waals surface area contributed by atoms with Crippen LogP contribution in [-0.2, 0) is 0 Å². The van der Waals surface area contributed by atoms with E-state index in [9.17, 15) is 0 Å². The normalized spacial score (nSPS) is 11.4. The van der Waals surface area contributed by atoms with Gasteiger partial charge in [-0.1, -0.05) is 20.4 Å². The van der Waals surface area contributed by atoms with Gasteiger partial charge in [0, 0.05) is 17.7 Å². The standard InChI is InChI=1S/C6H14N2/c1-5(8)6(2,3)4-7/h1,4,7-8H2,2-3H3. The van der Waals surface area contributed by atoms with Gasteiger partial charge in [0.15, 0.2) is 0 Å². The third kappa shape index (κ3) is 1.54. The molecule has 0 aromatic heterocycles. The van der Waals surface area contributed by atoms with Crippen LogP contribution in [0.5, 0.6) is 0 Å². The first-order valence-corrected chi connectivity index (χ1v) is 2.65. The van der Waals surface area contributed by atoms with Gasteiger partial charge in [0.25, 0.3) is 0 Å². The first-order valence-electron chi connectivity index (χ1n) is 2.65. The van der Waals surface area contributed by atoms with Gasteiger partial charge in [-0.2, -0.15) is 0 Å². The fraction of sp³-hybridized carbons (Fsp3) is 0.667. The second kappa shape index (κ2) is 2.18. The zero-order valence-corrected chi connectivity index (χ0v) is 5.57. The molecule has 4 N–H and O–H groups in total. The monoisotopic (exact) mass is 114 g/mol. The molecule has 48 valence electrons. The van der Waals surface area contributed by atoms with Gasteiger partial charge in [0.2, 0.25) is 0 Å². The lowest BCUT2D eigenvalue weighted by atomic mass is 9.91. The zero-order valence-electron chi connectivity index (χ0n) is 5.57. The third-order valence-electron chi connectivity index (χ3n) is 1.38. The van der Waals surface area contributed by atoms with Crippen molar-refractivity contribution in [3.8, 4) is 0 Å². The molecule has 2 nitrogen and oxygen atoms in total. The van der Waals surface area contributed by atoms with Crippen LogP contribution in [0.3, 0.4) is 0 Å². The molecule has 2 heteroatoms. The SMILES string of the molecule is C=C(N)C(C)(C)CN. The van der Waals surface area contributed by atoms with E-state index in [0.29, 0.717) is 12.2 Å². The van der Waals surface area contributed by atoms with E-state index in [4.69, 9.17) is 11.5 Å². The van der Waals surface area contributed by atoms with Crippen molar-refractivity contribution in [3.63, 3.8) is 0 Å². The quantitative estimate of drug-likeness (QED) is 0.547. The second-order valence-electron chi connectivity index (χ2n) is 2.61. The lowest BCUT2D eigenvalue weighted by Crippen LogP contribution is -2.29. The summed E-state index contributed by atoms with van der Waals surface area (Å²) in [5.74, 6) is 0. The van der Waals surface area contributed by atoms with Gasteiger partial charge in [-0.25, -0.2) is 0 Å². The van der Waals surface area contributed by atoms with E-state index < -0.39 is 0 Å². The summed E-state index contributed by atoms with van der Waals surface area (Å²) in [5.41, 5.74) is 11.3. The van der Waals surface area contributed by atoms with Gasteiger partial charge in [0.05, 0.1) is 0 Å². The molecule has 8 heavy (non-hydrogen) atoms. The number of nitrogens with two attached hydrogens (primary N) is 2. The molecule has 0 aromatic carbocycles. The maximum absolute atomic E-state index is 5.41. The molecule has 0 aliphatic carbocycles. The summed E-state index contributed by atoms with van der Waals surface area (Å²) in [5, 5.41) is 0. The van der Waals surface area contributed by atoms with Crippen LogP contribution >= 0.6 is 0 Å². The molecule has 0 aliphatic rings. The van der Waals surface area contributed by atoms with E-state index in [0.717, 1.165) is 0 Å². The Labute approximate surface area is 50.6 Å². The van der Waals surface area contributed by atoms with E-state index in [2.05, 4.69) is 6.58 Å². The summed E-state index contributed by atoms with van der Waals surface area (Å²) >= 11 is 0. The molecule has 0 fully saturated rings. The Bertz CT molecular complexity index is 94.7. The first kappa shape index (κ1) is 7.50. The molecule has 0 radical (unpaired) electrons. The Morgan fingerprint density at radius 1 is 1.62 bits per heavy atom. The van der Waals surface area contributed by atoms with Gasteiger partial charge in [-0.05, 0) is 0 Å². The van der Waals surface area contributed by atoms with Gasteiger partial charge < -0.3 is 11.5 Å². The molecule has 0 aliphatic heterocycles. The van der Waals surface area contributed by atoms with E-state index in [1.165, 1.54) is 0 Å². The summed E-state index contributed by atoms with van der Waals surface area (Å²) in [6, 6.07) is 0. The lowest BCUT2D eigenvalue weighted by Gasteiger charge is -2.21. The van der Waals surface area contributed by atoms with E-state index in [1.807, 2.05) is 13.8 Å². The highest BCUT2D eigenvalue weighted by Crippen LogP contribution is 2.17. The maximum Gasteiger partial charge on any atom is 0.0158 e. The summed E-state index contributed by atoms with van der Waals surface area (Å²) < 4.78 is 0. The topological polar surface area (TPSA) is 52.0 Å². The van der Waals surface area contributed by atoms with Crippen LogP contribution in [0, 0.1) is 5.41 Å². The van der Waals surface area contributed by atoms with Crippen molar-refractivity contribution in [2.24, 2.45) is 16.9 Å². The van der Waals surface area contributed by atoms with Crippen molar-refractivity contribution < 1.29 is 0 Å². The molecular weight excluding hydrogens is 100 g/mol. The molecule has 0 saturated heterocycles. The largest absolute Gasteiger partial charge is 0.402 e. The van der Waals surface area contributed by atoms with Crippen LogP contribution in [0.1, 0.15) is 13.8 Å². The number of hydrogen-bond acceptors (Lipinski definition) is 2. The predicted octanol–water partition coefficient (Wildman–Crippen LogP) is 0.444. The second-order valence-corrected chi connectivity index (χ2v) is 2.61. The first-order chi connectivity index (χ1) is 3.50. The van der Waals surface area contributed by atoms with Gasteiger partial charge >= 0.3 is 0 Å². The van der Waals surface area contributed by atoms with Crippen molar-refractivity contribution in [3.05, 3.63) is 12.3 Å². The Balaban J connectivity index is 3.91. The van der Waals surface area contributed by atoms with E-state index in [1.54, 1.807) is 0 Å². The zero-order chi connectivity index (χ0) is 6.78. The molecule has 0 saturated carbocycles. The van der Waals surface area contributed by atoms with Crippen LogP contribution in [0.15, 0.2) is 12.3 Å². The summed E-state index contributed by atoms with van der Waals surface area (Å²) in [7, 11) is 0. The average molecular weight is 114 g/mol. The highest BCUT2D eigenvalue weighted by Gasteiger charge is 2.15. The summed E-state index contributed by atoms with van der Waals surface area (Å²) in [4.78, 5) is 0. The fourth-order valence-electron chi connectivity index (χ4n) is 0.131. The Morgan fingerprint density at radius 3 is 2.00 bits per heavy atom. The summed E-state index contributed by atoms with van der Waals surface area (Å²) in [6.45, 7) is 8.09. The molecule has 0 atom stereocenters. The van der Waals surface area contributed by atoms with Crippen LogP contribution in [0.4, 0.5) is 0 Å². The Kier molecular flexibility index (Phi) is 2.04. The number of hydrogen-bond donors (Lipinski definition) is 2. The van der Waals surface area contributed by atoms with Crippen LogP contribution in [0.25, 0.3) is 0 Å². The van der Waals surface area contributed by atoms with Gasteiger partial charge in [-0.15, -0.1) is 0 Å². The van der Waals surface area contributed by atoms with Crippen molar-refractivity contribution in [2.45, 2.75) is 13.8 Å². The molecule has 0 bridgehead atoms. The Hall–Kier alpha value is -0.500. The number of rotatable bonds is 2. The van der Waals surface area contributed by atoms with Crippen LogP contribution in [0.2, 0.25) is 0 Å². The third-order valence-corrected chi connectivity index (χ3v) is 1.38. The van der Waals surface area contributed by atoms with E-state index in [-0.39, 0.29) is 5.41 Å². The predicted molar refractivity (Wildman–Crippen MR) is 36.2 cm³/mol. The van der Waals surface area contributed by atoms with Crippen molar-refractivity contribution in [1.82, 2.24) is 0 Å². The highest BCUT2D eigenvalue weighted by atomic mass is 14.7. The molecule has 0 rings (SSSR count). The summed E-state index contributed by atoms with van der Waals surface area (Å²) in [6.07, 6.45) is 0. The van der Waals surface area contributed by atoms with Crippen LogP contribution < -0.4 is 11.5 Å². The minimum absolute atomic E-state index is 0.0972. The fourth-order valence-corrected chi connectivity index (χ4v) is 0.131.